The van der Waals surface area contributed by atoms with Gasteiger partial charge in [0, 0.05) is 37.6 Å². The summed E-state index contributed by atoms with van der Waals surface area (Å²) in [6, 6.07) is 18.5. The fourth-order valence-corrected chi connectivity index (χ4v) is 5.15. The summed E-state index contributed by atoms with van der Waals surface area (Å²) in [5, 5.41) is 0. The van der Waals surface area contributed by atoms with Crippen LogP contribution < -0.4 is 9.80 Å². The van der Waals surface area contributed by atoms with Crippen LogP contribution >= 0.6 is 0 Å². The van der Waals surface area contributed by atoms with Gasteiger partial charge in [-0.3, -0.25) is 0 Å². The van der Waals surface area contributed by atoms with Crippen LogP contribution in [0.3, 0.4) is 0 Å². The van der Waals surface area contributed by atoms with Crippen molar-refractivity contribution in [2.75, 3.05) is 36.0 Å². The predicted molar refractivity (Wildman–Crippen MR) is 122 cm³/mol. The minimum absolute atomic E-state index is 0.229. The largest absolute Gasteiger partial charge is 0.372 e. The van der Waals surface area contributed by atoms with Crippen molar-refractivity contribution < 1.29 is 0 Å². The first-order chi connectivity index (χ1) is 13.6. The number of hydrogen-bond acceptors (Lipinski definition) is 2. The van der Waals surface area contributed by atoms with Crippen LogP contribution in [0, 0.1) is 5.92 Å². The number of piperidine rings is 1. The molecule has 2 aromatic carbocycles. The smallest absolute Gasteiger partial charge is 0.0369 e. The molecule has 0 N–H and O–H groups in total. The maximum atomic E-state index is 2.59. The van der Waals surface area contributed by atoms with Crippen LogP contribution in [0.5, 0.6) is 0 Å². The van der Waals surface area contributed by atoms with Crippen LogP contribution in [0.25, 0.3) is 0 Å². The summed E-state index contributed by atoms with van der Waals surface area (Å²) in [5.74, 6) is 0.743. The van der Waals surface area contributed by atoms with Crippen molar-refractivity contribution in [2.45, 2.75) is 58.3 Å². The van der Waals surface area contributed by atoms with E-state index in [1.54, 1.807) is 0 Å². The Morgan fingerprint density at radius 1 is 0.821 bits per heavy atom. The van der Waals surface area contributed by atoms with Crippen LogP contribution in [0.1, 0.15) is 57.6 Å². The summed E-state index contributed by atoms with van der Waals surface area (Å²) in [7, 11) is 0. The highest BCUT2D eigenvalue weighted by Gasteiger charge is 2.34. The van der Waals surface area contributed by atoms with Crippen molar-refractivity contribution in [1.29, 1.82) is 0 Å². The molecule has 150 valence electrons. The van der Waals surface area contributed by atoms with Gasteiger partial charge in [0.25, 0.3) is 0 Å². The normalized spacial score (nSPS) is 18.7. The molecule has 2 heteroatoms. The van der Waals surface area contributed by atoms with Gasteiger partial charge in [-0.1, -0.05) is 45.0 Å². The van der Waals surface area contributed by atoms with E-state index < -0.39 is 0 Å². The van der Waals surface area contributed by atoms with Crippen molar-refractivity contribution >= 4 is 11.4 Å². The van der Waals surface area contributed by atoms with Gasteiger partial charge in [-0.05, 0) is 78.8 Å². The second-order valence-corrected chi connectivity index (χ2v) is 9.25. The first kappa shape index (κ1) is 19.4. The Balaban J connectivity index is 1.45. The quantitative estimate of drug-likeness (QED) is 0.627. The van der Waals surface area contributed by atoms with E-state index in [0.717, 1.165) is 12.3 Å². The van der Waals surface area contributed by atoms with Gasteiger partial charge in [-0.25, -0.2) is 0 Å². The molecule has 0 amide bonds. The van der Waals surface area contributed by atoms with Crippen LogP contribution in [0.15, 0.2) is 48.5 Å². The molecule has 28 heavy (non-hydrogen) atoms. The first-order valence-electron chi connectivity index (χ1n) is 11.3. The molecule has 0 aliphatic carbocycles. The Morgan fingerprint density at radius 2 is 1.43 bits per heavy atom. The average Bonchev–Trinajstić information content (AvgIpc) is 3.29. The topological polar surface area (TPSA) is 6.48 Å². The van der Waals surface area contributed by atoms with Crippen molar-refractivity contribution in [2.24, 2.45) is 5.92 Å². The Bertz CT molecular complexity index is 781. The lowest BCUT2D eigenvalue weighted by Crippen LogP contribution is -2.40. The van der Waals surface area contributed by atoms with Gasteiger partial charge in [-0.15, -0.1) is 0 Å². The molecule has 0 spiro atoms. The maximum Gasteiger partial charge on any atom is 0.0369 e. The third-order valence-electron chi connectivity index (χ3n) is 7.26. The molecule has 2 nitrogen and oxygen atoms in total. The summed E-state index contributed by atoms with van der Waals surface area (Å²) < 4.78 is 0. The summed E-state index contributed by atoms with van der Waals surface area (Å²) >= 11 is 0. The Kier molecular flexibility index (Phi) is 5.66. The molecule has 2 saturated heterocycles. The van der Waals surface area contributed by atoms with Gasteiger partial charge >= 0.3 is 0 Å². The van der Waals surface area contributed by atoms with E-state index in [-0.39, 0.29) is 5.41 Å². The molecule has 0 saturated carbocycles. The lowest BCUT2D eigenvalue weighted by Gasteiger charge is -2.42. The molecule has 0 unspecified atom stereocenters. The zero-order valence-corrected chi connectivity index (χ0v) is 18.0. The van der Waals surface area contributed by atoms with E-state index in [4.69, 9.17) is 0 Å². The SMILES string of the molecule is CCc1cccc(N2CCC(C(C)(C)c3cccc(N4CCCC4)c3)CC2)c1. The second kappa shape index (κ2) is 8.19. The summed E-state index contributed by atoms with van der Waals surface area (Å²) in [6.07, 6.45) is 6.34. The second-order valence-electron chi connectivity index (χ2n) is 9.25. The summed E-state index contributed by atoms with van der Waals surface area (Å²) in [4.78, 5) is 5.15. The number of hydrogen-bond donors (Lipinski definition) is 0. The van der Waals surface area contributed by atoms with E-state index >= 15 is 0 Å². The molecule has 2 aliphatic heterocycles. The zero-order chi connectivity index (χ0) is 19.6. The van der Waals surface area contributed by atoms with Gasteiger partial charge in [0.1, 0.15) is 0 Å². The number of benzene rings is 2. The van der Waals surface area contributed by atoms with Gasteiger partial charge in [0.05, 0.1) is 0 Å². The van der Waals surface area contributed by atoms with Crippen molar-refractivity contribution in [3.63, 3.8) is 0 Å². The number of anilines is 2. The van der Waals surface area contributed by atoms with E-state index in [9.17, 15) is 0 Å². The fraction of sp³-hybridized carbons (Fsp3) is 0.538. The van der Waals surface area contributed by atoms with Gasteiger partial charge in [0.15, 0.2) is 0 Å². The highest BCUT2D eigenvalue weighted by Crippen LogP contribution is 2.40. The molecule has 0 aromatic heterocycles. The van der Waals surface area contributed by atoms with Crippen molar-refractivity contribution in [3.8, 4) is 0 Å². The lowest BCUT2D eigenvalue weighted by molar-refractivity contribution is 0.261. The number of aryl methyl sites for hydroxylation is 1. The minimum atomic E-state index is 0.229. The Labute approximate surface area is 171 Å². The molecule has 2 heterocycles. The van der Waals surface area contributed by atoms with Crippen molar-refractivity contribution in [3.05, 3.63) is 59.7 Å². The van der Waals surface area contributed by atoms with Crippen LogP contribution in [-0.2, 0) is 11.8 Å². The first-order valence-corrected chi connectivity index (χ1v) is 11.3. The molecule has 2 aliphatic rings. The third kappa shape index (κ3) is 3.92. The molecule has 0 radical (unpaired) electrons. The molecular formula is C26H36N2. The minimum Gasteiger partial charge on any atom is -0.372 e. The van der Waals surface area contributed by atoms with E-state index in [1.165, 1.54) is 74.4 Å². The van der Waals surface area contributed by atoms with E-state index in [1.807, 2.05) is 0 Å². The molecule has 2 aromatic rings. The number of rotatable bonds is 5. The summed E-state index contributed by atoms with van der Waals surface area (Å²) in [6.45, 7) is 12.0. The van der Waals surface area contributed by atoms with Crippen LogP contribution in [0.4, 0.5) is 11.4 Å². The standard InChI is InChI=1S/C26H36N2/c1-4-21-9-7-11-24(19-21)28-17-13-22(14-18-28)26(2,3)23-10-8-12-25(20-23)27-15-5-6-16-27/h7-12,19-20,22H,4-6,13-18H2,1-3H3. The van der Waals surface area contributed by atoms with Crippen LogP contribution in [0.2, 0.25) is 0 Å². The van der Waals surface area contributed by atoms with Gasteiger partial charge in [0.2, 0.25) is 0 Å². The Morgan fingerprint density at radius 3 is 2.11 bits per heavy atom. The molecule has 4 rings (SSSR count). The van der Waals surface area contributed by atoms with Gasteiger partial charge < -0.3 is 9.80 Å². The highest BCUT2D eigenvalue weighted by atomic mass is 15.1. The molecule has 0 atom stereocenters. The summed E-state index contributed by atoms with van der Waals surface area (Å²) in [5.41, 5.74) is 6.03. The fourth-order valence-electron chi connectivity index (χ4n) is 5.15. The third-order valence-corrected chi connectivity index (χ3v) is 7.26. The average molecular weight is 377 g/mol. The monoisotopic (exact) mass is 376 g/mol. The van der Waals surface area contributed by atoms with Crippen molar-refractivity contribution in [1.82, 2.24) is 0 Å². The molecule has 0 bridgehead atoms. The number of nitrogens with zero attached hydrogens (tertiary/aromatic N) is 2. The maximum absolute atomic E-state index is 2.59. The predicted octanol–water partition coefficient (Wildman–Crippen LogP) is 6.04. The lowest BCUT2D eigenvalue weighted by atomic mass is 9.69. The Hall–Kier alpha value is -1.96. The van der Waals surface area contributed by atoms with Crippen LogP contribution in [-0.4, -0.2) is 26.2 Å². The van der Waals surface area contributed by atoms with E-state index in [0.29, 0.717) is 0 Å². The van der Waals surface area contributed by atoms with E-state index in [2.05, 4.69) is 79.1 Å². The molecule has 2 fully saturated rings. The zero-order valence-electron chi connectivity index (χ0n) is 18.0. The highest BCUT2D eigenvalue weighted by molar-refractivity contribution is 5.51. The molecular weight excluding hydrogens is 340 g/mol. The van der Waals surface area contributed by atoms with Gasteiger partial charge in [-0.2, -0.15) is 0 Å².